The predicted molar refractivity (Wildman–Crippen MR) is 121 cm³/mol. The van der Waals surface area contributed by atoms with Crippen LogP contribution in [0, 0.1) is 0 Å². The summed E-state index contributed by atoms with van der Waals surface area (Å²) < 4.78 is 10.1. The van der Waals surface area contributed by atoms with Crippen LogP contribution in [0.25, 0.3) is 33.5 Å². The number of methoxy groups -OCH3 is 1. The van der Waals surface area contributed by atoms with Crippen LogP contribution >= 0.6 is 0 Å². The summed E-state index contributed by atoms with van der Waals surface area (Å²) in [6.45, 7) is 0.262. The molecular weight excluding hydrogens is 422 g/mol. The normalized spacial score (nSPS) is 10.9. The van der Waals surface area contributed by atoms with E-state index in [-0.39, 0.29) is 18.2 Å². The molecule has 0 saturated heterocycles. The summed E-state index contributed by atoms with van der Waals surface area (Å²) in [7, 11) is 1.56. The molecule has 0 fully saturated rings. The Morgan fingerprint density at radius 1 is 1.15 bits per heavy atom. The summed E-state index contributed by atoms with van der Waals surface area (Å²) in [5, 5.41) is 17.1. The van der Waals surface area contributed by atoms with Gasteiger partial charge in [-0.1, -0.05) is 11.2 Å². The van der Waals surface area contributed by atoms with Gasteiger partial charge in [-0.05, 0) is 48.0 Å². The minimum Gasteiger partial charge on any atom is -0.507 e. The molecule has 1 amide bonds. The van der Waals surface area contributed by atoms with E-state index in [0.29, 0.717) is 34.0 Å². The fourth-order valence-electron chi connectivity index (χ4n) is 3.54. The number of fused-ring (bicyclic) bond motifs is 1. The van der Waals surface area contributed by atoms with Crippen LogP contribution in [0.1, 0.15) is 16.1 Å². The summed E-state index contributed by atoms with van der Waals surface area (Å²) in [5.74, 6) is 0.789. The lowest BCUT2D eigenvalue weighted by molar-refractivity contribution is 0.0950. The highest BCUT2D eigenvalue weighted by Gasteiger charge is 2.15. The van der Waals surface area contributed by atoms with Gasteiger partial charge in [0.25, 0.3) is 5.91 Å². The molecule has 9 heteroatoms. The second-order valence-electron chi connectivity index (χ2n) is 7.28. The SMILES string of the molecule is COc1ncccc1-c1ccc(O)c(-c2nc3cc(C(=O)NCc4ccon4)ccc3[nH]2)c1. The molecule has 0 unspecified atom stereocenters. The van der Waals surface area contributed by atoms with Gasteiger partial charge < -0.3 is 24.7 Å². The van der Waals surface area contributed by atoms with E-state index in [1.54, 1.807) is 49.7 Å². The van der Waals surface area contributed by atoms with Crippen molar-refractivity contribution in [2.24, 2.45) is 0 Å². The van der Waals surface area contributed by atoms with E-state index < -0.39 is 0 Å². The average Bonchev–Trinajstić information content (AvgIpc) is 3.52. The molecule has 0 aliphatic carbocycles. The summed E-state index contributed by atoms with van der Waals surface area (Å²) in [6, 6.07) is 15.8. The highest BCUT2D eigenvalue weighted by Crippen LogP contribution is 2.35. The maximum absolute atomic E-state index is 12.5. The van der Waals surface area contributed by atoms with E-state index in [1.165, 1.54) is 6.26 Å². The van der Waals surface area contributed by atoms with E-state index >= 15 is 0 Å². The number of imidazole rings is 1. The van der Waals surface area contributed by atoms with Crippen LogP contribution in [0.3, 0.4) is 0 Å². The van der Waals surface area contributed by atoms with E-state index in [0.717, 1.165) is 16.6 Å². The highest BCUT2D eigenvalue weighted by molar-refractivity contribution is 5.97. The number of benzene rings is 2. The van der Waals surface area contributed by atoms with Gasteiger partial charge in [-0.15, -0.1) is 0 Å². The molecule has 3 N–H and O–H groups in total. The second kappa shape index (κ2) is 8.46. The minimum absolute atomic E-state index is 0.0752. The summed E-state index contributed by atoms with van der Waals surface area (Å²) in [6.07, 6.45) is 3.11. The van der Waals surface area contributed by atoms with Crippen molar-refractivity contribution in [2.75, 3.05) is 7.11 Å². The fraction of sp³-hybridized carbons (Fsp3) is 0.0833. The smallest absolute Gasteiger partial charge is 0.251 e. The van der Waals surface area contributed by atoms with Gasteiger partial charge in [0.1, 0.15) is 23.5 Å². The standard InChI is InChI=1S/C24H19N5O4/c1-32-24-17(3-2-9-25-24)14-5-7-21(30)18(11-14)22-27-19-6-4-15(12-20(19)28-22)23(31)26-13-16-8-10-33-29-16/h2-12,30H,13H2,1H3,(H,26,31)(H,27,28). The van der Waals surface area contributed by atoms with E-state index in [9.17, 15) is 9.90 Å². The molecule has 2 aromatic carbocycles. The Hall–Kier alpha value is -4.66. The van der Waals surface area contributed by atoms with E-state index in [1.807, 2.05) is 18.2 Å². The molecule has 0 saturated carbocycles. The lowest BCUT2D eigenvalue weighted by Crippen LogP contribution is -2.22. The summed E-state index contributed by atoms with van der Waals surface area (Å²) >= 11 is 0. The quantitative estimate of drug-likeness (QED) is 0.364. The third-order valence-corrected chi connectivity index (χ3v) is 5.19. The minimum atomic E-state index is -0.252. The number of phenols is 1. The van der Waals surface area contributed by atoms with Crippen molar-refractivity contribution in [1.82, 2.24) is 25.4 Å². The predicted octanol–water partition coefficient (Wildman–Crippen LogP) is 3.92. The van der Waals surface area contributed by atoms with Gasteiger partial charge in [0, 0.05) is 23.4 Å². The summed E-state index contributed by atoms with van der Waals surface area (Å²) in [4.78, 5) is 24.6. The van der Waals surface area contributed by atoms with Crippen molar-refractivity contribution in [3.05, 3.63) is 78.3 Å². The van der Waals surface area contributed by atoms with Gasteiger partial charge in [-0.3, -0.25) is 4.79 Å². The Labute approximate surface area is 188 Å². The van der Waals surface area contributed by atoms with Crippen molar-refractivity contribution in [3.8, 4) is 34.1 Å². The number of H-pyrrole nitrogens is 1. The van der Waals surface area contributed by atoms with Crippen molar-refractivity contribution in [3.63, 3.8) is 0 Å². The molecule has 33 heavy (non-hydrogen) atoms. The number of ether oxygens (including phenoxy) is 1. The van der Waals surface area contributed by atoms with E-state index in [2.05, 4.69) is 25.4 Å². The number of phenolic OH excluding ortho intramolecular Hbond substituents is 1. The monoisotopic (exact) mass is 441 g/mol. The Morgan fingerprint density at radius 3 is 2.88 bits per heavy atom. The molecule has 5 rings (SSSR count). The van der Waals surface area contributed by atoms with Gasteiger partial charge >= 0.3 is 0 Å². The first-order valence-corrected chi connectivity index (χ1v) is 10.1. The molecular formula is C24H19N5O4. The Balaban J connectivity index is 1.46. The Bertz CT molecular complexity index is 1440. The van der Waals surface area contributed by atoms with Crippen LogP contribution in [0.2, 0.25) is 0 Å². The second-order valence-corrected chi connectivity index (χ2v) is 7.28. The number of carbonyl (C=O) groups excluding carboxylic acids is 1. The average molecular weight is 441 g/mol. The molecule has 5 aromatic rings. The first-order chi connectivity index (χ1) is 16.1. The number of carbonyl (C=O) groups is 1. The molecule has 0 aliphatic heterocycles. The number of aromatic nitrogens is 4. The number of aromatic hydroxyl groups is 1. The maximum Gasteiger partial charge on any atom is 0.251 e. The topological polar surface area (TPSA) is 126 Å². The third-order valence-electron chi connectivity index (χ3n) is 5.19. The molecule has 0 bridgehead atoms. The molecule has 3 heterocycles. The number of aromatic amines is 1. The number of amides is 1. The fourth-order valence-corrected chi connectivity index (χ4v) is 3.54. The van der Waals surface area contributed by atoms with Gasteiger partial charge in [0.15, 0.2) is 0 Å². The van der Waals surface area contributed by atoms with Crippen LogP contribution in [-0.2, 0) is 6.54 Å². The molecule has 0 radical (unpaired) electrons. The molecule has 9 nitrogen and oxygen atoms in total. The summed E-state index contributed by atoms with van der Waals surface area (Å²) in [5.41, 5.74) is 4.56. The van der Waals surface area contributed by atoms with Crippen LogP contribution in [-0.4, -0.2) is 38.2 Å². The van der Waals surface area contributed by atoms with Gasteiger partial charge in [0.2, 0.25) is 5.88 Å². The van der Waals surface area contributed by atoms with Crippen LogP contribution in [0.15, 0.2) is 71.6 Å². The Kier molecular flexibility index (Phi) is 5.19. The Morgan fingerprint density at radius 2 is 2.06 bits per heavy atom. The first-order valence-electron chi connectivity index (χ1n) is 10.1. The maximum atomic E-state index is 12.5. The number of nitrogens with one attached hydrogen (secondary N) is 2. The number of nitrogens with zero attached hydrogens (tertiary/aromatic N) is 3. The third kappa shape index (κ3) is 3.99. The molecule has 164 valence electrons. The number of hydrogen-bond donors (Lipinski definition) is 3. The molecule has 0 atom stereocenters. The zero-order chi connectivity index (χ0) is 22.8. The number of pyridine rings is 1. The first kappa shape index (κ1) is 20.3. The number of rotatable bonds is 6. The largest absolute Gasteiger partial charge is 0.507 e. The van der Waals surface area contributed by atoms with Crippen molar-refractivity contribution in [2.45, 2.75) is 6.54 Å². The van der Waals surface area contributed by atoms with Crippen LogP contribution in [0.5, 0.6) is 11.6 Å². The van der Waals surface area contributed by atoms with Crippen LogP contribution < -0.4 is 10.1 Å². The highest BCUT2D eigenvalue weighted by atomic mass is 16.5. The number of hydrogen-bond acceptors (Lipinski definition) is 7. The lowest BCUT2D eigenvalue weighted by atomic mass is 10.0. The zero-order valence-electron chi connectivity index (χ0n) is 17.6. The van der Waals surface area contributed by atoms with Gasteiger partial charge in [-0.2, -0.15) is 0 Å². The molecule has 0 aliphatic rings. The van der Waals surface area contributed by atoms with Gasteiger partial charge in [0.05, 0.1) is 30.3 Å². The van der Waals surface area contributed by atoms with Crippen molar-refractivity contribution in [1.29, 1.82) is 0 Å². The van der Waals surface area contributed by atoms with E-state index in [4.69, 9.17) is 9.26 Å². The molecule has 3 aromatic heterocycles. The van der Waals surface area contributed by atoms with Crippen LogP contribution in [0.4, 0.5) is 0 Å². The molecule has 0 spiro atoms. The van der Waals surface area contributed by atoms with Crippen molar-refractivity contribution >= 4 is 16.9 Å². The van der Waals surface area contributed by atoms with Crippen molar-refractivity contribution < 1.29 is 19.2 Å². The van der Waals surface area contributed by atoms with Gasteiger partial charge in [-0.25, -0.2) is 9.97 Å². The zero-order valence-corrected chi connectivity index (χ0v) is 17.6. The lowest BCUT2D eigenvalue weighted by Gasteiger charge is -2.09.